The summed E-state index contributed by atoms with van der Waals surface area (Å²) in [6.07, 6.45) is 1.23. The summed E-state index contributed by atoms with van der Waals surface area (Å²) in [5, 5.41) is 2.88. The Morgan fingerprint density at radius 1 is 1.15 bits per heavy atom. The summed E-state index contributed by atoms with van der Waals surface area (Å²) in [6.45, 7) is 4.42. The first kappa shape index (κ1) is 18.6. The second-order valence-electron chi connectivity index (χ2n) is 6.75. The van der Waals surface area contributed by atoms with Gasteiger partial charge in [0.1, 0.15) is 6.04 Å². The summed E-state index contributed by atoms with van der Waals surface area (Å²) in [4.78, 5) is 12.9. The van der Waals surface area contributed by atoms with Crippen molar-refractivity contribution in [3.05, 3.63) is 65.2 Å². The van der Waals surface area contributed by atoms with Gasteiger partial charge in [0.05, 0.1) is 4.90 Å². The summed E-state index contributed by atoms with van der Waals surface area (Å²) >= 11 is 0. The molecule has 26 heavy (non-hydrogen) atoms. The van der Waals surface area contributed by atoms with Crippen LogP contribution in [0, 0.1) is 13.8 Å². The molecule has 138 valence electrons. The highest BCUT2D eigenvalue weighted by atomic mass is 32.2. The summed E-state index contributed by atoms with van der Waals surface area (Å²) in [6, 6.07) is 14.3. The van der Waals surface area contributed by atoms with Gasteiger partial charge in [0.2, 0.25) is 15.9 Å². The van der Waals surface area contributed by atoms with Gasteiger partial charge in [-0.1, -0.05) is 42.5 Å². The van der Waals surface area contributed by atoms with Crippen LogP contribution in [0.4, 0.5) is 0 Å². The normalized spacial score (nSPS) is 18.0. The molecule has 2 aromatic rings. The van der Waals surface area contributed by atoms with E-state index in [2.05, 4.69) is 5.32 Å². The van der Waals surface area contributed by atoms with Crippen LogP contribution in [0.2, 0.25) is 0 Å². The molecule has 1 fully saturated rings. The minimum Gasteiger partial charge on any atom is -0.351 e. The van der Waals surface area contributed by atoms with E-state index in [0.717, 1.165) is 11.1 Å². The average Bonchev–Trinajstić information content (AvgIpc) is 3.13. The van der Waals surface area contributed by atoms with Crippen molar-refractivity contribution in [1.29, 1.82) is 0 Å². The molecule has 3 rings (SSSR count). The molecule has 0 bridgehead atoms. The molecule has 0 unspecified atom stereocenters. The van der Waals surface area contributed by atoms with Crippen LogP contribution in [0.25, 0.3) is 0 Å². The highest BCUT2D eigenvalue weighted by Crippen LogP contribution is 2.28. The fraction of sp³-hybridized carbons (Fsp3) is 0.350. The number of nitrogens with zero attached hydrogens (tertiary/aromatic N) is 1. The van der Waals surface area contributed by atoms with Crippen molar-refractivity contribution in [3.8, 4) is 0 Å². The number of carbonyl (C=O) groups is 1. The third kappa shape index (κ3) is 3.81. The molecule has 2 aromatic carbocycles. The minimum absolute atomic E-state index is 0.236. The molecule has 0 spiro atoms. The Bertz CT molecular complexity index is 895. The number of hydrogen-bond acceptors (Lipinski definition) is 3. The predicted molar refractivity (Wildman–Crippen MR) is 101 cm³/mol. The summed E-state index contributed by atoms with van der Waals surface area (Å²) in [7, 11) is -3.70. The van der Waals surface area contributed by atoms with Gasteiger partial charge in [-0.25, -0.2) is 8.42 Å². The van der Waals surface area contributed by atoms with Gasteiger partial charge in [-0.3, -0.25) is 4.79 Å². The molecule has 6 heteroatoms. The largest absolute Gasteiger partial charge is 0.351 e. The van der Waals surface area contributed by atoms with Crippen molar-refractivity contribution in [2.45, 2.75) is 44.2 Å². The number of rotatable bonds is 5. The molecular formula is C20H24N2O3S. The maximum absolute atomic E-state index is 13.1. The zero-order valence-electron chi connectivity index (χ0n) is 15.1. The minimum atomic E-state index is -3.70. The van der Waals surface area contributed by atoms with Crippen molar-refractivity contribution < 1.29 is 13.2 Å². The van der Waals surface area contributed by atoms with E-state index in [0.29, 0.717) is 36.4 Å². The first-order chi connectivity index (χ1) is 12.4. The van der Waals surface area contributed by atoms with Crippen molar-refractivity contribution in [1.82, 2.24) is 9.62 Å². The van der Waals surface area contributed by atoms with Gasteiger partial charge in [0.15, 0.2) is 0 Å². The molecule has 0 radical (unpaired) electrons. The van der Waals surface area contributed by atoms with E-state index in [4.69, 9.17) is 0 Å². The molecule has 1 atom stereocenters. The van der Waals surface area contributed by atoms with E-state index >= 15 is 0 Å². The number of hydrogen-bond donors (Lipinski definition) is 1. The molecule has 5 nitrogen and oxygen atoms in total. The summed E-state index contributed by atoms with van der Waals surface area (Å²) < 4.78 is 27.6. The van der Waals surface area contributed by atoms with E-state index in [1.807, 2.05) is 49.4 Å². The average molecular weight is 372 g/mol. The van der Waals surface area contributed by atoms with Gasteiger partial charge in [0, 0.05) is 13.1 Å². The first-order valence-corrected chi connectivity index (χ1v) is 10.2. The van der Waals surface area contributed by atoms with Crippen LogP contribution in [0.5, 0.6) is 0 Å². The molecule has 0 saturated carbocycles. The Morgan fingerprint density at radius 2 is 1.88 bits per heavy atom. The number of aryl methyl sites for hydroxylation is 2. The molecule has 1 N–H and O–H groups in total. The van der Waals surface area contributed by atoms with Gasteiger partial charge in [-0.2, -0.15) is 4.31 Å². The molecule has 1 amide bonds. The van der Waals surface area contributed by atoms with Crippen LogP contribution in [-0.4, -0.2) is 31.2 Å². The highest BCUT2D eigenvalue weighted by molar-refractivity contribution is 7.89. The number of benzene rings is 2. The second-order valence-corrected chi connectivity index (χ2v) is 8.61. The highest BCUT2D eigenvalue weighted by Gasteiger charge is 2.39. The van der Waals surface area contributed by atoms with Crippen LogP contribution < -0.4 is 5.32 Å². The molecule has 1 aliphatic rings. The number of amides is 1. The molecule has 0 aliphatic carbocycles. The van der Waals surface area contributed by atoms with Crippen LogP contribution in [-0.2, 0) is 21.4 Å². The van der Waals surface area contributed by atoms with Crippen LogP contribution in [0.15, 0.2) is 53.4 Å². The van der Waals surface area contributed by atoms with Gasteiger partial charge in [-0.15, -0.1) is 0 Å². The topological polar surface area (TPSA) is 66.5 Å². The van der Waals surface area contributed by atoms with Crippen molar-refractivity contribution in [2.24, 2.45) is 0 Å². The van der Waals surface area contributed by atoms with Crippen molar-refractivity contribution in [3.63, 3.8) is 0 Å². The van der Waals surface area contributed by atoms with E-state index in [9.17, 15) is 13.2 Å². The molecular weight excluding hydrogens is 348 g/mol. The monoisotopic (exact) mass is 372 g/mol. The Morgan fingerprint density at radius 3 is 2.62 bits per heavy atom. The molecule has 1 saturated heterocycles. The van der Waals surface area contributed by atoms with Crippen LogP contribution in [0.3, 0.4) is 0 Å². The smallest absolute Gasteiger partial charge is 0.244 e. The Balaban J connectivity index is 1.78. The quantitative estimate of drug-likeness (QED) is 0.878. The molecule has 0 aromatic heterocycles. The van der Waals surface area contributed by atoms with Gasteiger partial charge >= 0.3 is 0 Å². The Labute approximate surface area is 155 Å². The lowest BCUT2D eigenvalue weighted by Crippen LogP contribution is -2.45. The van der Waals surface area contributed by atoms with E-state index < -0.39 is 16.1 Å². The summed E-state index contributed by atoms with van der Waals surface area (Å²) in [5.41, 5.74) is 2.58. The fourth-order valence-corrected chi connectivity index (χ4v) is 5.27. The van der Waals surface area contributed by atoms with Crippen molar-refractivity contribution >= 4 is 15.9 Å². The van der Waals surface area contributed by atoms with Gasteiger partial charge in [0.25, 0.3) is 0 Å². The maximum atomic E-state index is 13.1. The predicted octanol–water partition coefficient (Wildman–Crippen LogP) is 2.77. The lowest BCUT2D eigenvalue weighted by atomic mass is 10.2. The zero-order valence-corrected chi connectivity index (χ0v) is 15.9. The lowest BCUT2D eigenvalue weighted by molar-refractivity contribution is -0.124. The third-order valence-electron chi connectivity index (χ3n) is 4.75. The zero-order chi connectivity index (χ0) is 18.7. The van der Waals surface area contributed by atoms with E-state index in [1.165, 1.54) is 4.31 Å². The number of nitrogens with one attached hydrogen (secondary N) is 1. The van der Waals surface area contributed by atoms with Crippen molar-refractivity contribution in [2.75, 3.05) is 6.54 Å². The van der Waals surface area contributed by atoms with Crippen LogP contribution >= 0.6 is 0 Å². The van der Waals surface area contributed by atoms with Gasteiger partial charge < -0.3 is 5.32 Å². The second kappa shape index (κ2) is 7.60. The Kier molecular flexibility index (Phi) is 5.44. The SMILES string of the molecule is Cc1ccc(C)c(S(=O)(=O)N2CCC[C@H]2C(=O)NCc2ccccc2)c1. The fourth-order valence-electron chi connectivity index (χ4n) is 3.30. The standard InChI is InChI=1S/C20H24N2O3S/c1-15-10-11-16(2)19(13-15)26(24,25)22-12-6-9-18(22)20(23)21-14-17-7-4-3-5-8-17/h3-5,7-8,10-11,13,18H,6,9,12,14H2,1-2H3,(H,21,23)/t18-/m0/s1. The molecule has 1 aliphatic heterocycles. The van der Waals surface area contributed by atoms with Gasteiger partial charge in [-0.05, 0) is 49.4 Å². The Hall–Kier alpha value is -2.18. The number of sulfonamides is 1. The third-order valence-corrected chi connectivity index (χ3v) is 6.80. The maximum Gasteiger partial charge on any atom is 0.244 e. The van der Waals surface area contributed by atoms with Crippen LogP contribution in [0.1, 0.15) is 29.5 Å². The molecule has 1 heterocycles. The van der Waals surface area contributed by atoms with E-state index in [1.54, 1.807) is 13.0 Å². The summed E-state index contributed by atoms with van der Waals surface area (Å²) in [5.74, 6) is -0.236. The first-order valence-electron chi connectivity index (χ1n) is 8.80. The van der Waals surface area contributed by atoms with E-state index in [-0.39, 0.29) is 5.91 Å². The lowest BCUT2D eigenvalue weighted by Gasteiger charge is -2.24. The number of carbonyl (C=O) groups excluding carboxylic acids is 1.